The number of hydrogen-bond donors (Lipinski definition) is 0. The number of benzene rings is 1. The quantitative estimate of drug-likeness (QED) is 0.253. The number of esters is 1. The van der Waals surface area contributed by atoms with Crippen molar-refractivity contribution in [2.75, 3.05) is 13.7 Å². The molecule has 0 fully saturated rings. The maximum Gasteiger partial charge on any atom is 0.337 e. The van der Waals surface area contributed by atoms with Crippen LogP contribution in [0, 0.1) is 0 Å². The van der Waals surface area contributed by atoms with Gasteiger partial charge in [-0.2, -0.15) is 0 Å². The molecule has 0 saturated heterocycles. The summed E-state index contributed by atoms with van der Waals surface area (Å²) in [5.74, 6) is -0.268. The summed E-state index contributed by atoms with van der Waals surface area (Å²) in [7, 11) is -0.323. The van der Waals surface area contributed by atoms with Crippen LogP contribution in [-0.4, -0.2) is 27.8 Å². The third-order valence-corrected chi connectivity index (χ3v) is 4.75. The van der Waals surface area contributed by atoms with E-state index in [1.165, 1.54) is 7.11 Å². The van der Waals surface area contributed by atoms with Crippen molar-refractivity contribution in [3.8, 4) is 0 Å². The van der Waals surface area contributed by atoms with E-state index in [1.807, 2.05) is 36.4 Å². The SMILES string of the molecule is COC(=O)C(=C=CCCOCc1ccccc1)[Si](C)(C)C. The lowest BCUT2D eigenvalue weighted by Gasteiger charge is -2.15. The Morgan fingerprint density at radius 3 is 2.48 bits per heavy atom. The Labute approximate surface area is 128 Å². The van der Waals surface area contributed by atoms with Gasteiger partial charge in [0.15, 0.2) is 0 Å². The molecule has 1 aromatic rings. The summed E-state index contributed by atoms with van der Waals surface area (Å²) in [6.45, 7) is 7.53. The highest BCUT2D eigenvalue weighted by molar-refractivity contribution is 6.86. The van der Waals surface area contributed by atoms with E-state index in [1.54, 1.807) is 0 Å². The van der Waals surface area contributed by atoms with E-state index in [0.717, 1.165) is 12.0 Å². The highest BCUT2D eigenvalue weighted by Crippen LogP contribution is 2.14. The average Bonchev–Trinajstić information content (AvgIpc) is 2.45. The van der Waals surface area contributed by atoms with Gasteiger partial charge in [-0.3, -0.25) is 0 Å². The van der Waals surface area contributed by atoms with Crippen molar-refractivity contribution in [1.82, 2.24) is 0 Å². The molecule has 0 aliphatic heterocycles. The van der Waals surface area contributed by atoms with Crippen molar-refractivity contribution in [2.24, 2.45) is 0 Å². The predicted octanol–water partition coefficient (Wildman–Crippen LogP) is 3.73. The number of methoxy groups -OCH3 is 1. The summed E-state index contributed by atoms with van der Waals surface area (Å²) < 4.78 is 10.4. The van der Waals surface area contributed by atoms with Gasteiger partial charge in [-0.15, -0.1) is 5.73 Å². The zero-order valence-corrected chi connectivity index (χ0v) is 14.3. The average molecular weight is 304 g/mol. The largest absolute Gasteiger partial charge is 0.465 e. The minimum Gasteiger partial charge on any atom is -0.465 e. The van der Waals surface area contributed by atoms with E-state index in [-0.39, 0.29) is 5.97 Å². The van der Waals surface area contributed by atoms with Crippen LogP contribution >= 0.6 is 0 Å². The molecule has 21 heavy (non-hydrogen) atoms. The first-order chi connectivity index (χ1) is 9.95. The molecule has 0 saturated carbocycles. The fourth-order valence-corrected chi connectivity index (χ4v) is 3.01. The van der Waals surface area contributed by atoms with Crippen molar-refractivity contribution in [3.63, 3.8) is 0 Å². The summed E-state index contributed by atoms with van der Waals surface area (Å²) in [6.07, 6.45) is 2.60. The fraction of sp³-hybridized carbons (Fsp3) is 0.412. The zero-order valence-electron chi connectivity index (χ0n) is 13.3. The molecular formula is C17H24O3Si. The van der Waals surface area contributed by atoms with Crippen LogP contribution in [0.4, 0.5) is 0 Å². The van der Waals surface area contributed by atoms with Gasteiger partial charge >= 0.3 is 5.97 Å². The van der Waals surface area contributed by atoms with Crippen LogP contribution < -0.4 is 0 Å². The smallest absolute Gasteiger partial charge is 0.337 e. The topological polar surface area (TPSA) is 35.5 Å². The van der Waals surface area contributed by atoms with Gasteiger partial charge < -0.3 is 9.47 Å². The van der Waals surface area contributed by atoms with Crippen molar-refractivity contribution in [2.45, 2.75) is 32.7 Å². The molecule has 1 aromatic carbocycles. The van der Waals surface area contributed by atoms with Gasteiger partial charge in [0.1, 0.15) is 0 Å². The summed E-state index contributed by atoms with van der Waals surface area (Å²) in [4.78, 5) is 11.7. The second kappa shape index (κ2) is 8.62. The highest BCUT2D eigenvalue weighted by Gasteiger charge is 2.26. The standard InChI is InChI=1S/C17H24O3Si/c1-19-17(18)16(21(2,3)4)12-8-9-13-20-14-15-10-6-5-7-11-15/h5-8,10-11H,9,13-14H2,1-4H3. The van der Waals surface area contributed by atoms with Gasteiger partial charge in [0.25, 0.3) is 0 Å². The lowest BCUT2D eigenvalue weighted by molar-refractivity contribution is -0.135. The van der Waals surface area contributed by atoms with E-state index < -0.39 is 8.07 Å². The van der Waals surface area contributed by atoms with E-state index >= 15 is 0 Å². The molecule has 4 heteroatoms. The Morgan fingerprint density at radius 1 is 1.24 bits per heavy atom. The predicted molar refractivity (Wildman–Crippen MR) is 87.7 cm³/mol. The number of carbonyl (C=O) groups is 1. The minimum atomic E-state index is -1.73. The number of rotatable bonds is 7. The molecule has 0 aromatic heterocycles. The van der Waals surface area contributed by atoms with Crippen LogP contribution in [-0.2, 0) is 20.9 Å². The molecule has 3 nitrogen and oxygen atoms in total. The number of carbonyl (C=O) groups excluding carboxylic acids is 1. The summed E-state index contributed by atoms with van der Waals surface area (Å²) in [6, 6.07) is 10.1. The minimum absolute atomic E-state index is 0.268. The first-order valence-electron chi connectivity index (χ1n) is 7.11. The van der Waals surface area contributed by atoms with Gasteiger partial charge in [-0.25, -0.2) is 4.79 Å². The first kappa shape index (κ1) is 17.4. The maximum absolute atomic E-state index is 11.7. The monoisotopic (exact) mass is 304 g/mol. The van der Waals surface area contributed by atoms with E-state index in [9.17, 15) is 4.79 Å². The van der Waals surface area contributed by atoms with Gasteiger partial charge in [0, 0.05) is 0 Å². The second-order valence-electron chi connectivity index (χ2n) is 5.79. The lowest BCUT2D eigenvalue weighted by Crippen LogP contribution is -2.29. The molecule has 0 unspecified atom stereocenters. The lowest BCUT2D eigenvalue weighted by atomic mass is 10.2. The normalized spacial score (nSPS) is 10.7. The Morgan fingerprint density at radius 2 is 1.90 bits per heavy atom. The third kappa shape index (κ3) is 6.58. The molecule has 0 aliphatic carbocycles. The molecule has 0 atom stereocenters. The Kier molecular flexibility index (Phi) is 7.16. The molecular weight excluding hydrogens is 280 g/mol. The van der Waals surface area contributed by atoms with Crippen molar-refractivity contribution < 1.29 is 14.3 Å². The maximum atomic E-state index is 11.7. The van der Waals surface area contributed by atoms with Crippen molar-refractivity contribution in [3.05, 3.63) is 52.9 Å². The Balaban J connectivity index is 2.48. The van der Waals surface area contributed by atoms with Gasteiger partial charge in [-0.05, 0) is 18.1 Å². The molecule has 0 amide bonds. The fourth-order valence-electron chi connectivity index (χ4n) is 1.76. The van der Waals surface area contributed by atoms with Crippen LogP contribution in [0.25, 0.3) is 0 Å². The Bertz CT molecular complexity index is 509. The Hall–Kier alpha value is -1.61. The van der Waals surface area contributed by atoms with E-state index in [2.05, 4.69) is 25.4 Å². The highest BCUT2D eigenvalue weighted by atomic mass is 28.3. The number of hydrogen-bond acceptors (Lipinski definition) is 3. The molecule has 0 spiro atoms. The third-order valence-electron chi connectivity index (χ3n) is 2.90. The summed E-state index contributed by atoms with van der Waals surface area (Å²) in [5.41, 5.74) is 4.27. The number of ether oxygens (including phenoxy) is 2. The van der Waals surface area contributed by atoms with Gasteiger partial charge in [0.2, 0.25) is 0 Å². The van der Waals surface area contributed by atoms with Crippen LogP contribution in [0.5, 0.6) is 0 Å². The van der Waals surface area contributed by atoms with Crippen molar-refractivity contribution in [1.29, 1.82) is 0 Å². The molecule has 0 aliphatic rings. The van der Waals surface area contributed by atoms with Crippen molar-refractivity contribution >= 4 is 14.0 Å². The molecule has 1 rings (SSSR count). The second-order valence-corrected chi connectivity index (χ2v) is 10.8. The molecule has 114 valence electrons. The first-order valence-corrected chi connectivity index (χ1v) is 10.6. The van der Waals surface area contributed by atoms with E-state index in [4.69, 9.17) is 9.47 Å². The molecule has 0 radical (unpaired) electrons. The van der Waals surface area contributed by atoms with Crippen LogP contribution in [0.15, 0.2) is 47.3 Å². The van der Waals surface area contributed by atoms with Crippen LogP contribution in [0.2, 0.25) is 19.6 Å². The zero-order chi connectivity index (χ0) is 15.7. The van der Waals surface area contributed by atoms with Crippen LogP contribution in [0.3, 0.4) is 0 Å². The van der Waals surface area contributed by atoms with Crippen LogP contribution in [0.1, 0.15) is 12.0 Å². The molecule has 0 bridgehead atoms. The van der Waals surface area contributed by atoms with E-state index in [0.29, 0.717) is 18.4 Å². The molecule has 0 N–H and O–H groups in total. The summed E-state index contributed by atoms with van der Waals surface area (Å²) in [5, 5.41) is 0.688. The van der Waals surface area contributed by atoms with Gasteiger partial charge in [0.05, 0.1) is 33.6 Å². The van der Waals surface area contributed by atoms with Gasteiger partial charge in [-0.1, -0.05) is 50.0 Å². The summed E-state index contributed by atoms with van der Waals surface area (Å²) >= 11 is 0. The molecule has 0 heterocycles.